The van der Waals surface area contributed by atoms with Crippen LogP contribution in [-0.4, -0.2) is 27.2 Å². The second kappa shape index (κ2) is 14.0. The molecule has 1 aromatic rings. The molecule has 0 amide bonds. The molecule has 94 valence electrons. The Bertz CT molecular complexity index is 207. The number of hydrogen-bond donors (Lipinski definition) is 1. The van der Waals surface area contributed by atoms with Crippen molar-refractivity contribution >= 4 is 5.69 Å². The Morgan fingerprint density at radius 1 is 1.06 bits per heavy atom. The zero-order valence-corrected chi connectivity index (χ0v) is 11.7. The van der Waals surface area contributed by atoms with Crippen molar-refractivity contribution in [3.05, 3.63) is 30.3 Å². The van der Waals surface area contributed by atoms with Gasteiger partial charge in [-0.25, -0.2) is 0 Å². The molecule has 16 heavy (non-hydrogen) atoms. The molecule has 0 heterocycles. The third-order valence-corrected chi connectivity index (χ3v) is 2.02. The zero-order chi connectivity index (χ0) is 12.8. The van der Waals surface area contributed by atoms with E-state index >= 15 is 0 Å². The Morgan fingerprint density at radius 2 is 1.50 bits per heavy atom. The first kappa shape index (κ1) is 17.4. The number of benzene rings is 1. The van der Waals surface area contributed by atoms with Crippen LogP contribution < -0.4 is 10.2 Å². The molecular weight excluding hydrogens is 196 g/mol. The lowest BCUT2D eigenvalue weighted by atomic mass is 10.3. The topological polar surface area (TPSA) is 15.3 Å². The zero-order valence-electron chi connectivity index (χ0n) is 11.7. The van der Waals surface area contributed by atoms with Crippen LogP contribution in [0.15, 0.2) is 30.3 Å². The fourth-order valence-electron chi connectivity index (χ4n) is 0.865. The Hall–Kier alpha value is -1.02. The van der Waals surface area contributed by atoms with E-state index in [1.54, 1.807) is 0 Å². The van der Waals surface area contributed by atoms with E-state index in [-0.39, 0.29) is 0 Å². The Morgan fingerprint density at radius 3 is 1.81 bits per heavy atom. The number of nitrogens with zero attached hydrogens (tertiary/aromatic N) is 1. The normalized spacial score (nSPS) is 8.12. The lowest BCUT2D eigenvalue weighted by Gasteiger charge is -2.15. The van der Waals surface area contributed by atoms with E-state index < -0.39 is 0 Å². The van der Waals surface area contributed by atoms with Gasteiger partial charge in [-0.3, -0.25) is 0 Å². The molecule has 0 atom stereocenters. The predicted octanol–water partition coefficient (Wildman–Crippen LogP) is 3.39. The van der Waals surface area contributed by atoms with E-state index in [2.05, 4.69) is 55.4 Å². The number of hydrogen-bond acceptors (Lipinski definition) is 2. The summed E-state index contributed by atoms with van der Waals surface area (Å²) >= 11 is 0. The monoisotopic (exact) mass is 224 g/mol. The molecule has 0 spiro atoms. The number of rotatable bonds is 3. The van der Waals surface area contributed by atoms with Gasteiger partial charge in [0.15, 0.2) is 0 Å². The number of para-hydroxylation sites is 1. The minimum absolute atomic E-state index is 1.06. The summed E-state index contributed by atoms with van der Waals surface area (Å²) in [6, 6.07) is 10.4. The Kier molecular flexibility index (Phi) is 15.2. The van der Waals surface area contributed by atoms with Gasteiger partial charge in [0.25, 0.3) is 0 Å². The maximum atomic E-state index is 2.93. The molecule has 0 fully saturated rings. The first-order chi connectivity index (χ1) is 7.76. The number of anilines is 1. The van der Waals surface area contributed by atoms with Crippen LogP contribution in [0.1, 0.15) is 27.7 Å². The van der Waals surface area contributed by atoms with Crippen molar-refractivity contribution in [3.8, 4) is 0 Å². The Labute approximate surface area is 102 Å². The first-order valence-corrected chi connectivity index (χ1v) is 6.17. The van der Waals surface area contributed by atoms with Gasteiger partial charge in [0.1, 0.15) is 0 Å². The van der Waals surface area contributed by atoms with Crippen LogP contribution in [0.5, 0.6) is 0 Å². The molecule has 2 heteroatoms. The largest absolute Gasteiger partial charge is 0.375 e. The van der Waals surface area contributed by atoms with Crippen LogP contribution in [-0.2, 0) is 0 Å². The molecule has 0 aliphatic carbocycles. The molecule has 1 aromatic carbocycles. The molecule has 0 aliphatic heterocycles. The van der Waals surface area contributed by atoms with E-state index in [4.69, 9.17) is 0 Å². The minimum Gasteiger partial charge on any atom is -0.375 e. The molecule has 0 bridgehead atoms. The second-order valence-electron chi connectivity index (χ2n) is 3.06. The van der Waals surface area contributed by atoms with E-state index in [0.29, 0.717) is 0 Å². The summed E-state index contributed by atoms with van der Waals surface area (Å²) in [5, 5.41) is 2.93. The molecule has 0 aromatic heterocycles. The summed E-state index contributed by atoms with van der Waals surface area (Å²) in [5.41, 5.74) is 1.28. The van der Waals surface area contributed by atoms with Gasteiger partial charge in [-0.05, 0) is 32.6 Å². The number of nitrogens with one attached hydrogen (secondary N) is 1. The summed E-state index contributed by atoms with van der Waals surface area (Å²) in [4.78, 5) is 2.21. The van der Waals surface area contributed by atoms with Crippen LogP contribution in [0.3, 0.4) is 0 Å². The predicted molar refractivity (Wildman–Crippen MR) is 76.3 cm³/mol. The summed E-state index contributed by atoms with van der Waals surface area (Å²) in [5.74, 6) is 0. The third-order valence-electron chi connectivity index (χ3n) is 2.02. The molecule has 0 saturated heterocycles. The molecular formula is C14H28N2. The van der Waals surface area contributed by atoms with Gasteiger partial charge >= 0.3 is 0 Å². The SMILES string of the molecule is CC.CCN(C)c1ccccc1.CCNC. The van der Waals surface area contributed by atoms with Crippen molar-refractivity contribution in [2.24, 2.45) is 0 Å². The van der Waals surface area contributed by atoms with Gasteiger partial charge < -0.3 is 10.2 Å². The molecule has 2 nitrogen and oxygen atoms in total. The highest BCUT2D eigenvalue weighted by Crippen LogP contribution is 2.09. The molecule has 0 saturated carbocycles. The molecule has 0 aliphatic rings. The average Bonchev–Trinajstić information content (AvgIpc) is 2.41. The maximum Gasteiger partial charge on any atom is 0.0363 e. The second-order valence-corrected chi connectivity index (χ2v) is 3.06. The molecule has 1 N–H and O–H groups in total. The van der Waals surface area contributed by atoms with Gasteiger partial charge in [0.2, 0.25) is 0 Å². The maximum absolute atomic E-state index is 2.93. The van der Waals surface area contributed by atoms with Crippen LogP contribution in [0.4, 0.5) is 5.69 Å². The van der Waals surface area contributed by atoms with E-state index in [9.17, 15) is 0 Å². The summed E-state index contributed by atoms with van der Waals surface area (Å²) in [6.45, 7) is 10.3. The first-order valence-electron chi connectivity index (χ1n) is 6.17. The summed E-state index contributed by atoms with van der Waals surface area (Å²) < 4.78 is 0. The van der Waals surface area contributed by atoms with Crippen LogP contribution >= 0.6 is 0 Å². The van der Waals surface area contributed by atoms with Crippen LogP contribution in [0, 0.1) is 0 Å². The smallest absolute Gasteiger partial charge is 0.0363 e. The molecule has 1 rings (SSSR count). The van der Waals surface area contributed by atoms with Crippen molar-refractivity contribution < 1.29 is 0 Å². The van der Waals surface area contributed by atoms with Crippen molar-refractivity contribution in [2.45, 2.75) is 27.7 Å². The highest BCUT2D eigenvalue weighted by Gasteiger charge is 1.92. The van der Waals surface area contributed by atoms with E-state index in [1.165, 1.54) is 5.69 Å². The van der Waals surface area contributed by atoms with Crippen LogP contribution in [0.25, 0.3) is 0 Å². The van der Waals surface area contributed by atoms with Gasteiger partial charge in [-0.2, -0.15) is 0 Å². The van der Waals surface area contributed by atoms with Crippen molar-refractivity contribution in [1.82, 2.24) is 5.32 Å². The van der Waals surface area contributed by atoms with Gasteiger partial charge in [-0.15, -0.1) is 0 Å². The van der Waals surface area contributed by atoms with E-state index in [0.717, 1.165) is 13.1 Å². The van der Waals surface area contributed by atoms with Crippen molar-refractivity contribution in [2.75, 3.05) is 32.1 Å². The fraction of sp³-hybridized carbons (Fsp3) is 0.571. The molecule has 0 radical (unpaired) electrons. The van der Waals surface area contributed by atoms with Gasteiger partial charge in [0, 0.05) is 19.3 Å². The fourth-order valence-corrected chi connectivity index (χ4v) is 0.865. The average molecular weight is 224 g/mol. The lowest BCUT2D eigenvalue weighted by Crippen LogP contribution is -2.15. The summed E-state index contributed by atoms with van der Waals surface area (Å²) in [7, 11) is 4.02. The molecule has 0 unspecified atom stereocenters. The highest BCUT2D eigenvalue weighted by molar-refractivity contribution is 5.44. The van der Waals surface area contributed by atoms with Crippen molar-refractivity contribution in [1.29, 1.82) is 0 Å². The standard InChI is InChI=1S/C9H13N.C3H9N.C2H6/c1-3-10(2)9-7-5-4-6-8-9;1-3-4-2;1-2/h4-8H,3H2,1-2H3;4H,3H2,1-2H3;1-2H3. The van der Waals surface area contributed by atoms with Crippen LogP contribution in [0.2, 0.25) is 0 Å². The minimum atomic E-state index is 1.06. The van der Waals surface area contributed by atoms with Gasteiger partial charge in [-0.1, -0.05) is 39.0 Å². The lowest BCUT2D eigenvalue weighted by molar-refractivity contribution is 0.864. The van der Waals surface area contributed by atoms with Crippen molar-refractivity contribution in [3.63, 3.8) is 0 Å². The quantitative estimate of drug-likeness (QED) is 0.846. The third kappa shape index (κ3) is 9.53. The van der Waals surface area contributed by atoms with Gasteiger partial charge in [0.05, 0.1) is 0 Å². The Balaban J connectivity index is 0. The highest BCUT2D eigenvalue weighted by atomic mass is 15.1. The summed E-state index contributed by atoms with van der Waals surface area (Å²) in [6.07, 6.45) is 0. The van der Waals surface area contributed by atoms with E-state index in [1.807, 2.05) is 27.0 Å².